The van der Waals surface area contributed by atoms with Crippen molar-refractivity contribution in [2.24, 2.45) is 0 Å². The number of carbonyl (C=O) groups is 2. The first kappa shape index (κ1) is 10.5. The van der Waals surface area contributed by atoms with E-state index < -0.39 is 0 Å². The molecule has 1 heterocycles. The van der Waals surface area contributed by atoms with Gasteiger partial charge >= 0.3 is 6.09 Å². The predicted octanol–water partition coefficient (Wildman–Crippen LogP) is 1.60. The summed E-state index contributed by atoms with van der Waals surface area (Å²) in [5.74, 6) is -0.138. The van der Waals surface area contributed by atoms with Gasteiger partial charge in [0.05, 0.1) is 6.54 Å². The first-order valence-electron chi connectivity index (χ1n) is 4.99. The Labute approximate surface area is 93.0 Å². The van der Waals surface area contributed by atoms with Crippen molar-refractivity contribution in [2.75, 3.05) is 23.4 Å². The number of cyclic esters (lactones) is 1. The van der Waals surface area contributed by atoms with Gasteiger partial charge in [-0.1, -0.05) is 6.07 Å². The van der Waals surface area contributed by atoms with E-state index in [1.54, 1.807) is 24.3 Å². The van der Waals surface area contributed by atoms with Crippen molar-refractivity contribution in [1.29, 1.82) is 0 Å². The van der Waals surface area contributed by atoms with E-state index in [0.29, 0.717) is 18.8 Å². The van der Waals surface area contributed by atoms with E-state index in [1.807, 2.05) is 0 Å². The van der Waals surface area contributed by atoms with Crippen LogP contribution in [0.5, 0.6) is 0 Å². The maximum Gasteiger partial charge on any atom is 0.414 e. The average Bonchev–Trinajstić information content (AvgIpc) is 2.64. The Morgan fingerprint density at radius 2 is 2.31 bits per heavy atom. The van der Waals surface area contributed by atoms with Crippen molar-refractivity contribution >= 4 is 23.4 Å². The summed E-state index contributed by atoms with van der Waals surface area (Å²) in [6.07, 6.45) is -0.347. The Morgan fingerprint density at radius 3 is 2.94 bits per heavy atom. The molecule has 0 radical (unpaired) electrons. The third-order valence-electron chi connectivity index (χ3n) is 2.24. The van der Waals surface area contributed by atoms with Gasteiger partial charge in [0, 0.05) is 18.3 Å². The molecule has 2 rings (SSSR count). The van der Waals surface area contributed by atoms with Crippen LogP contribution in [0.2, 0.25) is 0 Å². The van der Waals surface area contributed by atoms with Gasteiger partial charge in [0.2, 0.25) is 5.91 Å². The van der Waals surface area contributed by atoms with Crippen molar-refractivity contribution in [3.05, 3.63) is 24.3 Å². The molecule has 0 spiro atoms. The fourth-order valence-electron chi connectivity index (χ4n) is 1.58. The predicted molar refractivity (Wildman–Crippen MR) is 59.4 cm³/mol. The van der Waals surface area contributed by atoms with Gasteiger partial charge in [-0.25, -0.2) is 4.79 Å². The lowest BCUT2D eigenvalue weighted by atomic mass is 10.2. The molecular formula is C11H12N2O3. The monoisotopic (exact) mass is 220 g/mol. The maximum atomic E-state index is 11.3. The average molecular weight is 220 g/mol. The number of nitrogens with one attached hydrogen (secondary N) is 1. The van der Waals surface area contributed by atoms with Gasteiger partial charge in [-0.15, -0.1) is 0 Å². The van der Waals surface area contributed by atoms with Crippen LogP contribution in [0.4, 0.5) is 16.2 Å². The Kier molecular flexibility index (Phi) is 2.76. The van der Waals surface area contributed by atoms with Crippen LogP contribution in [0.1, 0.15) is 6.92 Å². The molecule has 1 aliphatic heterocycles. The third-order valence-corrected chi connectivity index (χ3v) is 2.24. The second kappa shape index (κ2) is 4.22. The Bertz CT molecular complexity index is 431. The molecule has 0 aliphatic carbocycles. The fourth-order valence-corrected chi connectivity index (χ4v) is 1.58. The van der Waals surface area contributed by atoms with E-state index >= 15 is 0 Å². The molecule has 0 bridgehead atoms. The molecule has 1 fully saturated rings. The highest BCUT2D eigenvalue weighted by Gasteiger charge is 2.23. The molecule has 0 saturated carbocycles. The van der Waals surface area contributed by atoms with Crippen molar-refractivity contribution in [3.8, 4) is 0 Å². The second-order valence-corrected chi connectivity index (χ2v) is 3.50. The van der Waals surface area contributed by atoms with Gasteiger partial charge in [0.1, 0.15) is 6.61 Å². The minimum Gasteiger partial charge on any atom is -0.447 e. The Hall–Kier alpha value is -2.04. The summed E-state index contributed by atoms with van der Waals surface area (Å²) < 4.78 is 4.84. The molecule has 2 amide bonds. The molecule has 5 heteroatoms. The largest absolute Gasteiger partial charge is 0.447 e. The van der Waals surface area contributed by atoms with Crippen molar-refractivity contribution in [2.45, 2.75) is 6.92 Å². The van der Waals surface area contributed by atoms with Crippen LogP contribution >= 0.6 is 0 Å². The van der Waals surface area contributed by atoms with E-state index in [4.69, 9.17) is 4.74 Å². The highest BCUT2D eigenvalue weighted by atomic mass is 16.6. The molecular weight excluding hydrogens is 208 g/mol. The number of anilines is 2. The summed E-state index contributed by atoms with van der Waals surface area (Å²) in [4.78, 5) is 23.8. The first-order chi connectivity index (χ1) is 7.66. The van der Waals surface area contributed by atoms with Crippen LogP contribution in [-0.2, 0) is 9.53 Å². The van der Waals surface area contributed by atoms with E-state index in [0.717, 1.165) is 5.69 Å². The minimum absolute atomic E-state index is 0.138. The number of hydrogen-bond acceptors (Lipinski definition) is 3. The molecule has 1 aromatic rings. The van der Waals surface area contributed by atoms with Gasteiger partial charge < -0.3 is 10.1 Å². The molecule has 0 aromatic heterocycles. The lowest BCUT2D eigenvalue weighted by molar-refractivity contribution is -0.114. The van der Waals surface area contributed by atoms with Gasteiger partial charge in [-0.2, -0.15) is 0 Å². The smallest absolute Gasteiger partial charge is 0.414 e. The molecule has 0 atom stereocenters. The summed E-state index contributed by atoms with van der Waals surface area (Å²) in [6, 6.07) is 7.10. The number of ether oxygens (including phenoxy) is 1. The second-order valence-electron chi connectivity index (χ2n) is 3.50. The number of hydrogen-bond donors (Lipinski definition) is 1. The lowest BCUT2D eigenvalue weighted by Crippen LogP contribution is -2.23. The van der Waals surface area contributed by atoms with E-state index in [9.17, 15) is 9.59 Å². The molecule has 1 aromatic carbocycles. The zero-order chi connectivity index (χ0) is 11.5. The van der Waals surface area contributed by atoms with Crippen LogP contribution in [0, 0.1) is 0 Å². The van der Waals surface area contributed by atoms with Gasteiger partial charge in [-0.05, 0) is 18.2 Å². The summed E-state index contributed by atoms with van der Waals surface area (Å²) in [7, 11) is 0. The van der Waals surface area contributed by atoms with Crippen molar-refractivity contribution < 1.29 is 14.3 Å². The lowest BCUT2D eigenvalue weighted by Gasteiger charge is -2.13. The van der Waals surface area contributed by atoms with Crippen molar-refractivity contribution in [3.63, 3.8) is 0 Å². The topological polar surface area (TPSA) is 58.6 Å². The number of amides is 2. The molecule has 0 unspecified atom stereocenters. The number of benzene rings is 1. The molecule has 16 heavy (non-hydrogen) atoms. The maximum absolute atomic E-state index is 11.3. The fraction of sp³-hybridized carbons (Fsp3) is 0.273. The quantitative estimate of drug-likeness (QED) is 0.823. The molecule has 1 N–H and O–H groups in total. The summed E-state index contributed by atoms with van der Waals surface area (Å²) >= 11 is 0. The molecule has 5 nitrogen and oxygen atoms in total. The summed E-state index contributed by atoms with van der Waals surface area (Å²) in [5, 5.41) is 2.67. The summed E-state index contributed by atoms with van der Waals surface area (Å²) in [5.41, 5.74) is 1.40. The zero-order valence-corrected chi connectivity index (χ0v) is 8.90. The van der Waals surface area contributed by atoms with Crippen LogP contribution in [-0.4, -0.2) is 25.2 Å². The van der Waals surface area contributed by atoms with Gasteiger partial charge in [-0.3, -0.25) is 9.69 Å². The standard InChI is InChI=1S/C11H12N2O3/c1-8(14)12-9-3-2-4-10(7-9)13-5-6-16-11(13)15/h2-4,7H,5-6H2,1H3,(H,12,14). The van der Waals surface area contributed by atoms with E-state index in [-0.39, 0.29) is 12.0 Å². The van der Waals surface area contributed by atoms with Crippen LogP contribution in [0.3, 0.4) is 0 Å². The Balaban J connectivity index is 2.21. The van der Waals surface area contributed by atoms with Crippen LogP contribution in [0.25, 0.3) is 0 Å². The number of nitrogens with zero attached hydrogens (tertiary/aromatic N) is 1. The van der Waals surface area contributed by atoms with E-state index in [2.05, 4.69) is 5.32 Å². The molecule has 1 saturated heterocycles. The SMILES string of the molecule is CC(=O)Nc1cccc(N2CCOC2=O)c1. The minimum atomic E-state index is -0.347. The number of rotatable bonds is 2. The van der Waals surface area contributed by atoms with Gasteiger partial charge in [0.15, 0.2) is 0 Å². The number of carbonyl (C=O) groups excluding carboxylic acids is 2. The zero-order valence-electron chi connectivity index (χ0n) is 8.90. The normalized spacial score (nSPS) is 14.8. The van der Waals surface area contributed by atoms with Gasteiger partial charge in [0.25, 0.3) is 0 Å². The van der Waals surface area contributed by atoms with Crippen LogP contribution < -0.4 is 10.2 Å². The first-order valence-corrected chi connectivity index (χ1v) is 4.99. The van der Waals surface area contributed by atoms with Crippen molar-refractivity contribution in [1.82, 2.24) is 0 Å². The summed E-state index contributed by atoms with van der Waals surface area (Å²) in [6.45, 7) is 2.39. The third kappa shape index (κ3) is 2.13. The van der Waals surface area contributed by atoms with Crippen LogP contribution in [0.15, 0.2) is 24.3 Å². The molecule has 84 valence electrons. The Morgan fingerprint density at radius 1 is 1.50 bits per heavy atom. The molecule has 1 aliphatic rings. The highest BCUT2D eigenvalue weighted by molar-refractivity contribution is 5.92. The highest BCUT2D eigenvalue weighted by Crippen LogP contribution is 2.22. The van der Waals surface area contributed by atoms with E-state index in [1.165, 1.54) is 11.8 Å².